The summed E-state index contributed by atoms with van der Waals surface area (Å²) in [5.41, 5.74) is -0.989. The summed E-state index contributed by atoms with van der Waals surface area (Å²) in [7, 11) is 0. The third kappa shape index (κ3) is 3.64. The van der Waals surface area contributed by atoms with E-state index in [1.165, 1.54) is 0 Å². The van der Waals surface area contributed by atoms with Gasteiger partial charge in [-0.05, 0) is 23.5 Å². The van der Waals surface area contributed by atoms with Crippen LogP contribution < -0.4 is 5.32 Å². The largest absolute Gasteiger partial charge is 0.479 e. The lowest BCUT2D eigenvalue weighted by atomic mass is 9.80. The monoisotopic (exact) mass is 273 g/mol. The molecule has 2 N–H and O–H groups in total. The molecule has 0 aromatic rings. The van der Waals surface area contributed by atoms with E-state index in [9.17, 15) is 14.7 Å². The van der Waals surface area contributed by atoms with Crippen LogP contribution in [0.15, 0.2) is 0 Å². The summed E-state index contributed by atoms with van der Waals surface area (Å²) in [6.45, 7) is 8.28. The smallest absolute Gasteiger partial charge is 0.330 e. The molecule has 1 saturated heterocycles. The van der Waals surface area contributed by atoms with Crippen LogP contribution in [0.3, 0.4) is 0 Å². The van der Waals surface area contributed by atoms with E-state index in [0.717, 1.165) is 5.75 Å². The van der Waals surface area contributed by atoms with Crippen LogP contribution in [0, 0.1) is 11.3 Å². The molecular weight excluding hydrogens is 250 g/mol. The Morgan fingerprint density at radius 3 is 2.44 bits per heavy atom. The van der Waals surface area contributed by atoms with Gasteiger partial charge in [-0.25, -0.2) is 4.79 Å². The molecule has 18 heavy (non-hydrogen) atoms. The summed E-state index contributed by atoms with van der Waals surface area (Å²) in [6, 6.07) is 0. The zero-order valence-corrected chi connectivity index (χ0v) is 12.4. The number of thioether (sulfide) groups is 1. The summed E-state index contributed by atoms with van der Waals surface area (Å²) in [6.07, 6.45) is 0.895. The molecule has 0 aromatic carbocycles. The first-order valence-electron chi connectivity index (χ1n) is 6.29. The molecule has 1 fully saturated rings. The lowest BCUT2D eigenvalue weighted by Gasteiger charge is -2.29. The van der Waals surface area contributed by atoms with Crippen molar-refractivity contribution in [3.8, 4) is 0 Å². The van der Waals surface area contributed by atoms with E-state index in [1.54, 1.807) is 11.8 Å². The third-order valence-electron chi connectivity index (χ3n) is 3.78. The Balaban J connectivity index is 2.61. The van der Waals surface area contributed by atoms with Gasteiger partial charge in [-0.3, -0.25) is 4.79 Å². The maximum atomic E-state index is 12.0. The Morgan fingerprint density at radius 1 is 1.44 bits per heavy atom. The molecule has 1 aliphatic heterocycles. The Hall–Kier alpha value is -0.710. The quantitative estimate of drug-likeness (QED) is 0.823. The van der Waals surface area contributed by atoms with Gasteiger partial charge in [0.05, 0.1) is 0 Å². The zero-order chi connectivity index (χ0) is 14.0. The number of carboxylic acids is 1. The molecule has 1 heterocycles. The molecule has 104 valence electrons. The van der Waals surface area contributed by atoms with Gasteiger partial charge in [0.25, 0.3) is 0 Å². The van der Waals surface area contributed by atoms with Crippen LogP contribution in [0.4, 0.5) is 0 Å². The number of amides is 1. The van der Waals surface area contributed by atoms with E-state index in [2.05, 4.69) is 26.1 Å². The summed E-state index contributed by atoms with van der Waals surface area (Å²) >= 11 is 1.58. The normalized spacial score (nSPS) is 25.8. The minimum Gasteiger partial charge on any atom is -0.479 e. The number of rotatable bonds is 4. The average Bonchev–Trinajstić information content (AvgIpc) is 2.65. The number of aliphatic carboxylic acids is 1. The summed E-state index contributed by atoms with van der Waals surface area (Å²) < 4.78 is 0. The fourth-order valence-electron chi connectivity index (χ4n) is 1.79. The molecular formula is C13H23NO3S. The highest BCUT2D eigenvalue weighted by atomic mass is 32.2. The number of nitrogens with one attached hydrogen (secondary N) is 1. The first kappa shape index (κ1) is 15.3. The average molecular weight is 273 g/mol. The van der Waals surface area contributed by atoms with Gasteiger partial charge in [-0.2, -0.15) is 11.8 Å². The fourth-order valence-corrected chi connectivity index (χ4v) is 3.11. The first-order chi connectivity index (χ1) is 8.17. The standard InChI is InChI=1S/C13H23NO3S/c1-9(12(2,3)4)7-10(15)14-13(11(16)17)5-6-18-8-13/h9H,5-8H2,1-4H3,(H,14,15)(H,16,17). The predicted octanol–water partition coefficient (Wildman–Crippen LogP) is 2.14. The van der Waals surface area contributed by atoms with E-state index < -0.39 is 11.5 Å². The van der Waals surface area contributed by atoms with Gasteiger partial charge >= 0.3 is 5.97 Å². The lowest BCUT2D eigenvalue weighted by Crippen LogP contribution is -2.55. The second-order valence-electron chi connectivity index (χ2n) is 6.21. The molecule has 1 aliphatic rings. The van der Waals surface area contributed by atoms with Gasteiger partial charge in [-0.1, -0.05) is 27.7 Å². The number of carbonyl (C=O) groups excluding carboxylic acids is 1. The van der Waals surface area contributed by atoms with Crippen molar-refractivity contribution >= 4 is 23.6 Å². The molecule has 0 aliphatic carbocycles. The summed E-state index contributed by atoms with van der Waals surface area (Å²) in [4.78, 5) is 23.3. The summed E-state index contributed by atoms with van der Waals surface area (Å²) in [5.74, 6) is 0.420. The van der Waals surface area contributed by atoms with Crippen molar-refractivity contribution in [3.63, 3.8) is 0 Å². The number of hydrogen-bond acceptors (Lipinski definition) is 3. The van der Waals surface area contributed by atoms with Gasteiger partial charge in [0.1, 0.15) is 5.54 Å². The Bertz CT molecular complexity index is 330. The molecule has 1 rings (SSSR count). The van der Waals surface area contributed by atoms with Crippen molar-refractivity contribution in [1.29, 1.82) is 0 Å². The van der Waals surface area contributed by atoms with Crippen LogP contribution in [0.5, 0.6) is 0 Å². The van der Waals surface area contributed by atoms with Crippen molar-refractivity contribution in [2.24, 2.45) is 11.3 Å². The number of carboxylic acid groups (broad SMARTS) is 1. The van der Waals surface area contributed by atoms with Gasteiger partial charge in [0.2, 0.25) is 5.91 Å². The van der Waals surface area contributed by atoms with Crippen molar-refractivity contribution in [1.82, 2.24) is 5.32 Å². The van der Waals surface area contributed by atoms with Crippen molar-refractivity contribution in [3.05, 3.63) is 0 Å². The maximum Gasteiger partial charge on any atom is 0.330 e. The van der Waals surface area contributed by atoms with E-state index in [0.29, 0.717) is 18.6 Å². The molecule has 0 spiro atoms. The van der Waals surface area contributed by atoms with Crippen LogP contribution >= 0.6 is 11.8 Å². The van der Waals surface area contributed by atoms with Gasteiger partial charge in [0, 0.05) is 12.2 Å². The molecule has 0 bridgehead atoms. The predicted molar refractivity (Wildman–Crippen MR) is 73.7 cm³/mol. The first-order valence-corrected chi connectivity index (χ1v) is 7.45. The SMILES string of the molecule is CC(CC(=O)NC1(C(=O)O)CCSC1)C(C)(C)C. The van der Waals surface area contributed by atoms with Crippen molar-refractivity contribution < 1.29 is 14.7 Å². The van der Waals surface area contributed by atoms with Crippen LogP contribution in [-0.2, 0) is 9.59 Å². The lowest BCUT2D eigenvalue weighted by molar-refractivity contribution is -0.146. The highest BCUT2D eigenvalue weighted by Crippen LogP contribution is 2.30. The van der Waals surface area contributed by atoms with Crippen LogP contribution in [0.2, 0.25) is 0 Å². The number of hydrogen-bond donors (Lipinski definition) is 2. The highest BCUT2D eigenvalue weighted by molar-refractivity contribution is 7.99. The molecule has 2 atom stereocenters. The molecule has 0 saturated carbocycles. The van der Waals surface area contributed by atoms with Crippen LogP contribution in [0.25, 0.3) is 0 Å². The Kier molecular flexibility index (Phi) is 4.70. The fraction of sp³-hybridized carbons (Fsp3) is 0.846. The van der Waals surface area contributed by atoms with Gasteiger partial charge in [0.15, 0.2) is 0 Å². The molecule has 5 heteroatoms. The van der Waals surface area contributed by atoms with E-state index in [4.69, 9.17) is 0 Å². The second kappa shape index (κ2) is 5.51. The molecule has 1 amide bonds. The van der Waals surface area contributed by atoms with Crippen LogP contribution in [0.1, 0.15) is 40.5 Å². The topological polar surface area (TPSA) is 66.4 Å². The van der Waals surface area contributed by atoms with E-state index >= 15 is 0 Å². The van der Waals surface area contributed by atoms with E-state index in [1.807, 2.05) is 6.92 Å². The maximum absolute atomic E-state index is 12.0. The molecule has 0 aromatic heterocycles. The third-order valence-corrected chi connectivity index (χ3v) is 4.97. The molecule has 0 radical (unpaired) electrons. The minimum absolute atomic E-state index is 0.0537. The van der Waals surface area contributed by atoms with Crippen LogP contribution in [-0.4, -0.2) is 34.0 Å². The zero-order valence-electron chi connectivity index (χ0n) is 11.6. The van der Waals surface area contributed by atoms with Crippen molar-refractivity contribution in [2.45, 2.75) is 46.1 Å². The molecule has 2 unspecified atom stereocenters. The summed E-state index contributed by atoms with van der Waals surface area (Å²) in [5, 5.41) is 12.0. The van der Waals surface area contributed by atoms with Gasteiger partial charge in [-0.15, -0.1) is 0 Å². The number of carbonyl (C=O) groups is 2. The second-order valence-corrected chi connectivity index (χ2v) is 7.31. The van der Waals surface area contributed by atoms with Crippen molar-refractivity contribution in [2.75, 3.05) is 11.5 Å². The highest BCUT2D eigenvalue weighted by Gasteiger charge is 2.43. The van der Waals surface area contributed by atoms with Gasteiger partial charge < -0.3 is 10.4 Å². The molecule has 4 nitrogen and oxygen atoms in total. The Labute approximate surface area is 113 Å². The van der Waals surface area contributed by atoms with E-state index in [-0.39, 0.29) is 17.2 Å². The Morgan fingerprint density at radius 2 is 2.06 bits per heavy atom. The minimum atomic E-state index is -1.04.